The Kier molecular flexibility index (Phi) is 15.4. The lowest BCUT2D eigenvalue weighted by Crippen LogP contribution is -2.40. The number of hydrogen-bond donors (Lipinski definition) is 0. The molecule has 0 saturated heterocycles. The Hall–Kier alpha value is -0.300. The van der Waals surface area contributed by atoms with Gasteiger partial charge in [0.25, 0.3) is 0 Å². The van der Waals surface area contributed by atoms with Crippen molar-refractivity contribution in [2.24, 2.45) is 5.41 Å². The summed E-state index contributed by atoms with van der Waals surface area (Å²) >= 11 is 22.8. The Morgan fingerprint density at radius 3 is 1.37 bits per heavy atom. The van der Waals surface area contributed by atoms with Crippen LogP contribution in [0.25, 0.3) is 0 Å². The second-order valence-electron chi connectivity index (χ2n) is 6.40. The van der Waals surface area contributed by atoms with Gasteiger partial charge in [-0.3, -0.25) is 0 Å². The molecule has 0 rings (SSSR count). The van der Waals surface area contributed by atoms with Crippen LogP contribution in [0, 0.1) is 5.41 Å². The van der Waals surface area contributed by atoms with Crippen molar-refractivity contribution in [3.05, 3.63) is 0 Å². The van der Waals surface area contributed by atoms with Gasteiger partial charge in [0, 0.05) is 55.1 Å². The van der Waals surface area contributed by atoms with Crippen molar-refractivity contribution >= 4 is 58.6 Å². The first-order chi connectivity index (χ1) is 12.9. The van der Waals surface area contributed by atoms with Crippen LogP contribution in [0.4, 0.5) is 9.59 Å². The average Bonchev–Trinajstić information content (AvgIpc) is 2.64. The minimum absolute atomic E-state index is 0.124. The van der Waals surface area contributed by atoms with E-state index >= 15 is 0 Å². The van der Waals surface area contributed by atoms with E-state index in [-0.39, 0.29) is 13.2 Å². The van der Waals surface area contributed by atoms with Crippen LogP contribution in [0.15, 0.2) is 0 Å². The summed E-state index contributed by atoms with van der Waals surface area (Å²) in [6, 6.07) is 0. The summed E-state index contributed by atoms with van der Waals surface area (Å²) in [5.74, 6) is 1.19. The molecule has 0 aliphatic heterocycles. The minimum Gasteiger partial charge on any atom is -0.449 e. The highest BCUT2D eigenvalue weighted by molar-refractivity contribution is 6.19. The number of amides is 2. The molecule has 160 valence electrons. The fraction of sp³-hybridized carbons (Fsp3) is 0.882. The van der Waals surface area contributed by atoms with Gasteiger partial charge in [0.1, 0.15) is 13.2 Å². The van der Waals surface area contributed by atoms with Gasteiger partial charge in [-0.05, 0) is 6.42 Å². The van der Waals surface area contributed by atoms with Crippen LogP contribution in [-0.2, 0) is 9.47 Å². The van der Waals surface area contributed by atoms with Gasteiger partial charge in [0.05, 0.1) is 0 Å². The smallest absolute Gasteiger partial charge is 0.409 e. The molecule has 0 bridgehead atoms. The van der Waals surface area contributed by atoms with Gasteiger partial charge in [-0.1, -0.05) is 20.3 Å². The number of rotatable bonds is 14. The molecule has 0 spiro atoms. The van der Waals surface area contributed by atoms with Crippen molar-refractivity contribution in [3.8, 4) is 0 Å². The van der Waals surface area contributed by atoms with Crippen molar-refractivity contribution in [3.63, 3.8) is 0 Å². The lowest BCUT2D eigenvalue weighted by atomic mass is 9.87. The predicted molar refractivity (Wildman–Crippen MR) is 112 cm³/mol. The molecule has 0 fully saturated rings. The van der Waals surface area contributed by atoms with E-state index in [2.05, 4.69) is 0 Å². The van der Waals surface area contributed by atoms with Crippen LogP contribution >= 0.6 is 46.4 Å². The minimum atomic E-state index is -0.499. The van der Waals surface area contributed by atoms with E-state index in [0.717, 1.165) is 12.8 Å². The molecule has 0 heterocycles. The Morgan fingerprint density at radius 2 is 1.11 bits per heavy atom. The zero-order valence-electron chi connectivity index (χ0n) is 16.0. The maximum Gasteiger partial charge on any atom is 0.409 e. The molecule has 0 aliphatic rings. The van der Waals surface area contributed by atoms with Crippen molar-refractivity contribution < 1.29 is 19.1 Å². The Morgan fingerprint density at radius 1 is 0.778 bits per heavy atom. The zero-order valence-corrected chi connectivity index (χ0v) is 19.0. The number of carbonyl (C=O) groups excluding carboxylic acids is 2. The molecule has 2 amide bonds. The van der Waals surface area contributed by atoms with Crippen LogP contribution in [0.2, 0.25) is 0 Å². The number of alkyl halides is 4. The van der Waals surface area contributed by atoms with Crippen LogP contribution in [0.3, 0.4) is 0 Å². The van der Waals surface area contributed by atoms with E-state index < -0.39 is 17.6 Å². The van der Waals surface area contributed by atoms with Crippen molar-refractivity contribution in [2.75, 3.05) is 62.9 Å². The maximum absolute atomic E-state index is 12.2. The summed E-state index contributed by atoms with van der Waals surface area (Å²) in [5.41, 5.74) is -0.499. The number of ether oxygens (including phenoxy) is 2. The molecule has 0 saturated carbocycles. The van der Waals surface area contributed by atoms with E-state index in [4.69, 9.17) is 55.9 Å². The largest absolute Gasteiger partial charge is 0.449 e. The molecule has 0 N–H and O–H groups in total. The van der Waals surface area contributed by atoms with Crippen LogP contribution < -0.4 is 0 Å². The topological polar surface area (TPSA) is 59.1 Å². The second kappa shape index (κ2) is 15.6. The highest BCUT2D eigenvalue weighted by Gasteiger charge is 2.29. The van der Waals surface area contributed by atoms with Gasteiger partial charge in [0.2, 0.25) is 0 Å². The van der Waals surface area contributed by atoms with Gasteiger partial charge in [-0.15, -0.1) is 46.4 Å². The Labute approximate surface area is 182 Å². The summed E-state index contributed by atoms with van der Waals surface area (Å²) in [7, 11) is 0. The Bertz CT molecular complexity index is 386. The highest BCUT2D eigenvalue weighted by Crippen LogP contribution is 2.25. The van der Waals surface area contributed by atoms with Crippen LogP contribution in [0.1, 0.15) is 26.7 Å². The van der Waals surface area contributed by atoms with E-state index in [0.29, 0.717) is 49.7 Å². The van der Waals surface area contributed by atoms with Gasteiger partial charge < -0.3 is 19.3 Å². The molecule has 0 unspecified atom stereocenters. The fourth-order valence-electron chi connectivity index (χ4n) is 2.44. The molecule has 10 heteroatoms. The monoisotopic (exact) mass is 466 g/mol. The summed E-state index contributed by atoms with van der Waals surface area (Å²) in [4.78, 5) is 27.4. The molecule has 0 aromatic rings. The number of carbonyl (C=O) groups is 2. The van der Waals surface area contributed by atoms with E-state index in [9.17, 15) is 9.59 Å². The van der Waals surface area contributed by atoms with Gasteiger partial charge in [-0.2, -0.15) is 0 Å². The third kappa shape index (κ3) is 11.3. The summed E-state index contributed by atoms with van der Waals surface area (Å²) in [5, 5.41) is 0. The van der Waals surface area contributed by atoms with Crippen LogP contribution in [-0.4, -0.2) is 84.9 Å². The molecular weight excluding hydrogens is 438 g/mol. The Balaban J connectivity index is 4.76. The number of hydrogen-bond acceptors (Lipinski definition) is 4. The molecule has 0 atom stereocenters. The first-order valence-corrected chi connectivity index (χ1v) is 11.1. The molecule has 6 nitrogen and oxygen atoms in total. The normalized spacial score (nSPS) is 11.2. The lowest BCUT2D eigenvalue weighted by Gasteiger charge is -2.31. The van der Waals surface area contributed by atoms with Gasteiger partial charge >= 0.3 is 12.2 Å². The van der Waals surface area contributed by atoms with E-state index in [1.807, 2.05) is 13.8 Å². The average molecular weight is 468 g/mol. The fourth-order valence-corrected chi connectivity index (χ4v) is 3.26. The van der Waals surface area contributed by atoms with Gasteiger partial charge in [-0.25, -0.2) is 9.59 Å². The third-order valence-electron chi connectivity index (χ3n) is 3.88. The SMILES string of the molecule is CCCC(C)(COC(=O)N(CCCl)CCCl)COC(=O)N(CCCl)CCCl. The number of halogens is 4. The summed E-state index contributed by atoms with van der Waals surface area (Å²) < 4.78 is 10.9. The summed E-state index contributed by atoms with van der Waals surface area (Å²) in [6.07, 6.45) is 0.627. The summed E-state index contributed by atoms with van der Waals surface area (Å²) in [6.45, 7) is 5.62. The lowest BCUT2D eigenvalue weighted by molar-refractivity contribution is 0.0115. The van der Waals surface area contributed by atoms with Crippen molar-refractivity contribution in [2.45, 2.75) is 26.7 Å². The van der Waals surface area contributed by atoms with E-state index in [1.165, 1.54) is 9.80 Å². The standard InChI is InChI=1S/C17H30Cl4N2O4/c1-3-4-17(2,13-26-15(24)22(9-5-18)10-6-19)14-27-16(25)23(11-7-20)12-8-21/h3-14H2,1-2H3. The van der Waals surface area contributed by atoms with Crippen molar-refractivity contribution in [1.29, 1.82) is 0 Å². The molecule has 0 aliphatic carbocycles. The molecular formula is C17H30Cl4N2O4. The molecule has 0 aromatic heterocycles. The highest BCUT2D eigenvalue weighted by atomic mass is 35.5. The molecule has 27 heavy (non-hydrogen) atoms. The van der Waals surface area contributed by atoms with Gasteiger partial charge in [0.15, 0.2) is 0 Å². The molecule has 0 aromatic carbocycles. The maximum atomic E-state index is 12.2. The number of nitrogens with zero attached hydrogens (tertiary/aromatic N) is 2. The second-order valence-corrected chi connectivity index (χ2v) is 7.91. The first-order valence-electron chi connectivity index (χ1n) is 8.94. The van der Waals surface area contributed by atoms with Crippen LogP contribution in [0.5, 0.6) is 0 Å². The quantitative estimate of drug-likeness (QED) is 0.349. The zero-order chi connectivity index (χ0) is 20.7. The first kappa shape index (κ1) is 26.7. The van der Waals surface area contributed by atoms with Crippen molar-refractivity contribution in [1.82, 2.24) is 9.80 Å². The molecule has 0 radical (unpaired) electrons. The third-order valence-corrected chi connectivity index (χ3v) is 4.55. The van der Waals surface area contributed by atoms with E-state index in [1.54, 1.807) is 0 Å². The predicted octanol–water partition coefficient (Wildman–Crippen LogP) is 4.63.